The molecule has 0 unspecified atom stereocenters. The van der Waals surface area contributed by atoms with Crippen molar-refractivity contribution in [3.8, 4) is 0 Å². The van der Waals surface area contributed by atoms with Gasteiger partial charge in [0.2, 0.25) is 5.91 Å². The van der Waals surface area contributed by atoms with Crippen LogP contribution in [0.4, 0.5) is 0 Å². The van der Waals surface area contributed by atoms with Crippen LogP contribution in [0.1, 0.15) is 39.9 Å². The molecule has 1 aliphatic rings. The van der Waals surface area contributed by atoms with Gasteiger partial charge >= 0.3 is 5.97 Å². The molecule has 1 amide bonds. The summed E-state index contributed by atoms with van der Waals surface area (Å²) in [5.41, 5.74) is 3.46. The van der Waals surface area contributed by atoms with Gasteiger partial charge in [-0.25, -0.2) is 4.79 Å². The Labute approximate surface area is 153 Å². The fourth-order valence-corrected chi connectivity index (χ4v) is 3.15. The molecule has 0 atom stereocenters. The van der Waals surface area contributed by atoms with E-state index in [1.807, 2.05) is 41.3 Å². The number of fused-ring (bicyclic) bond motifs is 1. The Morgan fingerprint density at radius 1 is 1.08 bits per heavy atom. The Balaban J connectivity index is 1.44. The molecule has 0 fully saturated rings. The Morgan fingerprint density at radius 3 is 2.65 bits per heavy atom. The molecule has 5 nitrogen and oxygen atoms in total. The van der Waals surface area contributed by atoms with Crippen molar-refractivity contribution in [1.29, 1.82) is 0 Å². The maximum atomic E-state index is 12.4. The predicted octanol–water partition coefficient (Wildman–Crippen LogP) is 3.27. The number of hydrogen-bond acceptors (Lipinski definition) is 3. The van der Waals surface area contributed by atoms with Crippen LogP contribution in [0.25, 0.3) is 0 Å². The van der Waals surface area contributed by atoms with Crippen molar-refractivity contribution >= 4 is 11.9 Å². The molecule has 26 heavy (non-hydrogen) atoms. The molecule has 3 rings (SSSR count). The SMILES string of the molecule is O=C(O)c1ccc2c(c1)CN(C(=O)CCCOCc1ccccc1)CC2. The van der Waals surface area contributed by atoms with Gasteiger partial charge in [-0.15, -0.1) is 0 Å². The predicted molar refractivity (Wildman–Crippen MR) is 97.9 cm³/mol. The number of amides is 1. The second-order valence-corrected chi connectivity index (χ2v) is 6.50. The molecule has 0 radical (unpaired) electrons. The minimum atomic E-state index is -0.938. The first-order chi connectivity index (χ1) is 12.6. The third-order valence-electron chi connectivity index (χ3n) is 4.61. The van der Waals surface area contributed by atoms with Gasteiger partial charge in [0.15, 0.2) is 0 Å². The third-order valence-corrected chi connectivity index (χ3v) is 4.61. The van der Waals surface area contributed by atoms with E-state index in [1.54, 1.807) is 12.1 Å². The molecule has 2 aromatic rings. The first kappa shape index (κ1) is 18.1. The molecule has 5 heteroatoms. The van der Waals surface area contributed by atoms with Gasteiger partial charge in [0.1, 0.15) is 0 Å². The fraction of sp³-hybridized carbons (Fsp3) is 0.333. The van der Waals surface area contributed by atoms with Crippen molar-refractivity contribution in [1.82, 2.24) is 4.90 Å². The lowest BCUT2D eigenvalue weighted by Gasteiger charge is -2.29. The Kier molecular flexibility index (Phi) is 6.02. The molecule has 1 aliphatic heterocycles. The molecule has 0 saturated carbocycles. The zero-order valence-electron chi connectivity index (χ0n) is 14.7. The number of carboxylic acid groups (broad SMARTS) is 1. The van der Waals surface area contributed by atoms with E-state index in [0.29, 0.717) is 39.1 Å². The molecule has 1 heterocycles. The molecule has 0 saturated heterocycles. The molecule has 0 aromatic heterocycles. The molecule has 136 valence electrons. The van der Waals surface area contributed by atoms with Gasteiger partial charge in [0.05, 0.1) is 12.2 Å². The van der Waals surface area contributed by atoms with Crippen molar-refractivity contribution in [3.05, 3.63) is 70.8 Å². The number of carbonyl (C=O) groups is 2. The summed E-state index contributed by atoms with van der Waals surface area (Å²) >= 11 is 0. The monoisotopic (exact) mass is 353 g/mol. The number of aromatic carboxylic acids is 1. The normalized spacial score (nSPS) is 13.3. The first-order valence-electron chi connectivity index (χ1n) is 8.88. The molecule has 0 spiro atoms. The molecule has 1 N–H and O–H groups in total. The van der Waals surface area contributed by atoms with Crippen molar-refractivity contribution in [2.45, 2.75) is 32.4 Å². The van der Waals surface area contributed by atoms with Crippen LogP contribution in [0.15, 0.2) is 48.5 Å². The zero-order valence-corrected chi connectivity index (χ0v) is 14.7. The zero-order chi connectivity index (χ0) is 18.4. The van der Waals surface area contributed by atoms with Crippen molar-refractivity contribution in [2.24, 2.45) is 0 Å². The topological polar surface area (TPSA) is 66.8 Å². The standard InChI is InChI=1S/C21H23NO4/c23-20(7-4-12-26-15-16-5-2-1-3-6-16)22-11-10-17-8-9-18(21(24)25)13-19(17)14-22/h1-3,5-6,8-9,13H,4,7,10-12,14-15H2,(H,24,25). The van der Waals surface area contributed by atoms with Crippen LogP contribution in [0.3, 0.4) is 0 Å². The maximum Gasteiger partial charge on any atom is 0.335 e. The molecular weight excluding hydrogens is 330 g/mol. The van der Waals surface area contributed by atoms with Gasteiger partial charge in [-0.2, -0.15) is 0 Å². The summed E-state index contributed by atoms with van der Waals surface area (Å²) in [6.07, 6.45) is 1.90. The van der Waals surface area contributed by atoms with Crippen LogP contribution in [0, 0.1) is 0 Å². The second kappa shape index (κ2) is 8.63. The highest BCUT2D eigenvalue weighted by Crippen LogP contribution is 2.21. The van der Waals surface area contributed by atoms with Gasteiger partial charge in [0.25, 0.3) is 0 Å². The number of carboxylic acids is 1. The van der Waals surface area contributed by atoms with Crippen LogP contribution < -0.4 is 0 Å². The quantitative estimate of drug-likeness (QED) is 0.776. The van der Waals surface area contributed by atoms with E-state index in [2.05, 4.69) is 0 Å². The first-order valence-corrected chi connectivity index (χ1v) is 8.88. The summed E-state index contributed by atoms with van der Waals surface area (Å²) in [5, 5.41) is 9.12. The number of nitrogens with zero attached hydrogens (tertiary/aromatic N) is 1. The largest absolute Gasteiger partial charge is 0.478 e. The van der Waals surface area contributed by atoms with Crippen molar-refractivity contribution < 1.29 is 19.4 Å². The summed E-state index contributed by atoms with van der Waals surface area (Å²) in [7, 11) is 0. The highest BCUT2D eigenvalue weighted by atomic mass is 16.5. The molecule has 2 aromatic carbocycles. The molecule has 0 bridgehead atoms. The second-order valence-electron chi connectivity index (χ2n) is 6.50. The van der Waals surface area contributed by atoms with E-state index in [-0.39, 0.29) is 11.5 Å². The van der Waals surface area contributed by atoms with Gasteiger partial charge in [-0.05, 0) is 41.7 Å². The average molecular weight is 353 g/mol. The summed E-state index contributed by atoms with van der Waals surface area (Å²) in [6.45, 7) is 2.28. The maximum absolute atomic E-state index is 12.4. The van der Waals surface area contributed by atoms with Crippen LogP contribution in [0.2, 0.25) is 0 Å². The molecule has 0 aliphatic carbocycles. The highest BCUT2D eigenvalue weighted by Gasteiger charge is 2.21. The number of carbonyl (C=O) groups excluding carboxylic acids is 1. The Bertz CT molecular complexity index is 773. The minimum Gasteiger partial charge on any atom is -0.478 e. The van der Waals surface area contributed by atoms with Gasteiger partial charge in [0, 0.05) is 26.1 Å². The lowest BCUT2D eigenvalue weighted by Crippen LogP contribution is -2.36. The van der Waals surface area contributed by atoms with E-state index >= 15 is 0 Å². The Morgan fingerprint density at radius 2 is 1.88 bits per heavy atom. The minimum absolute atomic E-state index is 0.0969. The number of hydrogen-bond donors (Lipinski definition) is 1. The molecular formula is C21H23NO4. The third kappa shape index (κ3) is 4.70. The van der Waals surface area contributed by atoms with E-state index in [1.165, 1.54) is 0 Å². The van der Waals surface area contributed by atoms with Crippen molar-refractivity contribution in [3.63, 3.8) is 0 Å². The highest BCUT2D eigenvalue weighted by molar-refractivity contribution is 5.88. The lowest BCUT2D eigenvalue weighted by atomic mass is 9.97. The van der Waals surface area contributed by atoms with E-state index in [4.69, 9.17) is 9.84 Å². The fourth-order valence-electron chi connectivity index (χ4n) is 3.15. The number of rotatable bonds is 7. The van der Waals surface area contributed by atoms with E-state index < -0.39 is 5.97 Å². The number of ether oxygens (including phenoxy) is 1. The number of benzene rings is 2. The van der Waals surface area contributed by atoms with Crippen LogP contribution in [0.5, 0.6) is 0 Å². The van der Waals surface area contributed by atoms with E-state index in [9.17, 15) is 9.59 Å². The summed E-state index contributed by atoms with van der Waals surface area (Å²) in [6, 6.07) is 15.1. The summed E-state index contributed by atoms with van der Waals surface area (Å²) in [5.74, 6) is -0.841. The van der Waals surface area contributed by atoms with Gasteiger partial charge in [-0.3, -0.25) is 4.79 Å². The van der Waals surface area contributed by atoms with Crippen molar-refractivity contribution in [2.75, 3.05) is 13.2 Å². The smallest absolute Gasteiger partial charge is 0.335 e. The average Bonchev–Trinajstić information content (AvgIpc) is 2.67. The summed E-state index contributed by atoms with van der Waals surface area (Å²) in [4.78, 5) is 25.3. The lowest BCUT2D eigenvalue weighted by molar-refractivity contribution is -0.132. The van der Waals surface area contributed by atoms with Crippen LogP contribution in [-0.4, -0.2) is 35.0 Å². The van der Waals surface area contributed by atoms with Gasteiger partial charge < -0.3 is 14.7 Å². The summed E-state index contributed by atoms with van der Waals surface area (Å²) < 4.78 is 5.62. The van der Waals surface area contributed by atoms with Crippen LogP contribution >= 0.6 is 0 Å². The van der Waals surface area contributed by atoms with Gasteiger partial charge in [-0.1, -0.05) is 36.4 Å². The Hall–Kier alpha value is -2.66. The van der Waals surface area contributed by atoms with Crippen LogP contribution in [-0.2, 0) is 29.1 Å². The van der Waals surface area contributed by atoms with E-state index in [0.717, 1.165) is 23.1 Å².